The van der Waals surface area contributed by atoms with E-state index in [4.69, 9.17) is 11.5 Å². The normalized spacial score (nSPS) is 11.2. The number of rotatable bonds is 3. The fourth-order valence-electron chi connectivity index (χ4n) is 1.37. The SMILES string of the molecule is NC(N)=N/N=C(/c1ccccc1)c1cccs1. The Labute approximate surface area is 103 Å². The molecule has 0 aliphatic heterocycles. The van der Waals surface area contributed by atoms with E-state index in [-0.39, 0.29) is 5.96 Å². The summed E-state index contributed by atoms with van der Waals surface area (Å²) in [4.78, 5) is 1.03. The minimum absolute atomic E-state index is 0.0463. The van der Waals surface area contributed by atoms with Crippen LogP contribution >= 0.6 is 11.3 Å². The highest BCUT2D eigenvalue weighted by atomic mass is 32.1. The highest BCUT2D eigenvalue weighted by molar-refractivity contribution is 7.12. The molecule has 0 saturated heterocycles. The second-order valence-corrected chi connectivity index (χ2v) is 4.26. The van der Waals surface area contributed by atoms with Gasteiger partial charge in [-0.3, -0.25) is 0 Å². The minimum Gasteiger partial charge on any atom is -0.369 e. The molecule has 0 fully saturated rings. The first-order valence-electron chi connectivity index (χ1n) is 5.03. The molecule has 0 radical (unpaired) electrons. The Balaban J connectivity index is 2.46. The molecular weight excluding hydrogens is 232 g/mol. The van der Waals surface area contributed by atoms with Crippen LogP contribution in [0.2, 0.25) is 0 Å². The van der Waals surface area contributed by atoms with E-state index in [1.54, 1.807) is 11.3 Å². The van der Waals surface area contributed by atoms with Crippen molar-refractivity contribution in [1.82, 2.24) is 0 Å². The molecule has 1 heterocycles. The third kappa shape index (κ3) is 2.92. The molecule has 4 nitrogen and oxygen atoms in total. The number of nitrogens with two attached hydrogens (primary N) is 2. The largest absolute Gasteiger partial charge is 0.369 e. The van der Waals surface area contributed by atoms with Gasteiger partial charge in [-0.15, -0.1) is 21.5 Å². The van der Waals surface area contributed by atoms with Crippen LogP contribution in [0.15, 0.2) is 58.0 Å². The molecule has 1 aromatic heterocycles. The number of hydrogen-bond donors (Lipinski definition) is 2. The molecule has 0 saturated carbocycles. The van der Waals surface area contributed by atoms with Gasteiger partial charge in [0.05, 0.1) is 4.88 Å². The van der Waals surface area contributed by atoms with Gasteiger partial charge in [-0.25, -0.2) is 0 Å². The zero-order valence-corrected chi connectivity index (χ0v) is 9.89. The third-order valence-electron chi connectivity index (χ3n) is 2.07. The van der Waals surface area contributed by atoms with Crippen molar-refractivity contribution in [3.05, 3.63) is 58.3 Å². The maximum Gasteiger partial charge on any atom is 0.211 e. The lowest BCUT2D eigenvalue weighted by Crippen LogP contribution is -2.22. The van der Waals surface area contributed by atoms with Crippen molar-refractivity contribution in [2.75, 3.05) is 0 Å². The van der Waals surface area contributed by atoms with Gasteiger partial charge in [0, 0.05) is 5.56 Å². The van der Waals surface area contributed by atoms with Gasteiger partial charge < -0.3 is 11.5 Å². The van der Waals surface area contributed by atoms with E-state index in [2.05, 4.69) is 10.2 Å². The molecule has 0 spiro atoms. The van der Waals surface area contributed by atoms with Crippen LogP contribution in [-0.2, 0) is 0 Å². The predicted octanol–water partition coefficient (Wildman–Crippen LogP) is 1.77. The van der Waals surface area contributed by atoms with E-state index < -0.39 is 0 Å². The fourth-order valence-corrected chi connectivity index (χ4v) is 2.10. The summed E-state index contributed by atoms with van der Waals surface area (Å²) >= 11 is 1.60. The highest BCUT2D eigenvalue weighted by Gasteiger charge is 2.07. The number of guanidine groups is 1. The molecule has 0 bridgehead atoms. The van der Waals surface area contributed by atoms with Crippen molar-refractivity contribution < 1.29 is 0 Å². The average molecular weight is 244 g/mol. The zero-order valence-electron chi connectivity index (χ0n) is 9.08. The monoisotopic (exact) mass is 244 g/mol. The van der Waals surface area contributed by atoms with E-state index in [9.17, 15) is 0 Å². The van der Waals surface area contributed by atoms with Gasteiger partial charge in [-0.05, 0) is 11.4 Å². The number of benzene rings is 1. The van der Waals surface area contributed by atoms with E-state index in [0.717, 1.165) is 16.2 Å². The maximum absolute atomic E-state index is 5.30. The second kappa shape index (κ2) is 5.27. The first-order chi connectivity index (χ1) is 8.27. The Hall–Kier alpha value is -2.14. The third-order valence-corrected chi connectivity index (χ3v) is 2.94. The average Bonchev–Trinajstić information content (AvgIpc) is 2.84. The molecule has 4 N–H and O–H groups in total. The van der Waals surface area contributed by atoms with Gasteiger partial charge in [0.2, 0.25) is 5.96 Å². The summed E-state index contributed by atoms with van der Waals surface area (Å²) in [6.07, 6.45) is 0. The molecule has 5 heteroatoms. The van der Waals surface area contributed by atoms with Crippen molar-refractivity contribution in [2.45, 2.75) is 0 Å². The smallest absolute Gasteiger partial charge is 0.211 e. The summed E-state index contributed by atoms with van der Waals surface area (Å²) in [6, 6.07) is 13.8. The standard InChI is InChI=1S/C12H12N4S/c13-12(14)16-15-11(10-7-4-8-17-10)9-5-2-1-3-6-9/h1-8H,(H4,13,14,16)/b15-11-. The molecule has 2 aromatic rings. The van der Waals surface area contributed by atoms with Crippen LogP contribution in [0.25, 0.3) is 0 Å². The molecule has 2 rings (SSSR count). The van der Waals surface area contributed by atoms with Gasteiger partial charge in [-0.2, -0.15) is 0 Å². The number of hydrogen-bond acceptors (Lipinski definition) is 3. The molecule has 17 heavy (non-hydrogen) atoms. The Morgan fingerprint density at radius 1 is 0.941 bits per heavy atom. The second-order valence-electron chi connectivity index (χ2n) is 3.32. The van der Waals surface area contributed by atoms with Crippen LogP contribution in [0, 0.1) is 0 Å². The number of nitrogens with zero attached hydrogens (tertiary/aromatic N) is 2. The van der Waals surface area contributed by atoms with Crippen LogP contribution in [0.1, 0.15) is 10.4 Å². The molecule has 0 unspecified atom stereocenters. The number of thiophene rings is 1. The molecule has 0 aliphatic carbocycles. The predicted molar refractivity (Wildman–Crippen MR) is 72.2 cm³/mol. The van der Waals surface area contributed by atoms with E-state index >= 15 is 0 Å². The quantitative estimate of drug-likeness (QED) is 0.490. The van der Waals surface area contributed by atoms with Crippen LogP contribution in [0.5, 0.6) is 0 Å². The van der Waals surface area contributed by atoms with Gasteiger partial charge >= 0.3 is 0 Å². The molecule has 0 aliphatic rings. The van der Waals surface area contributed by atoms with Crippen molar-refractivity contribution in [1.29, 1.82) is 0 Å². The Bertz CT molecular complexity index is 525. The first kappa shape index (κ1) is 11.3. The summed E-state index contributed by atoms with van der Waals surface area (Å²) in [5.74, 6) is -0.0463. The molecule has 1 aromatic carbocycles. The van der Waals surface area contributed by atoms with Crippen LogP contribution in [0.3, 0.4) is 0 Å². The van der Waals surface area contributed by atoms with Gasteiger partial charge in [-0.1, -0.05) is 36.4 Å². The molecule has 86 valence electrons. The fraction of sp³-hybridized carbons (Fsp3) is 0. The summed E-state index contributed by atoms with van der Waals surface area (Å²) in [7, 11) is 0. The first-order valence-corrected chi connectivity index (χ1v) is 5.91. The van der Waals surface area contributed by atoms with Crippen molar-refractivity contribution in [3.8, 4) is 0 Å². The van der Waals surface area contributed by atoms with E-state index in [1.807, 2.05) is 47.8 Å². The Morgan fingerprint density at radius 3 is 2.29 bits per heavy atom. The lowest BCUT2D eigenvalue weighted by Gasteiger charge is -2.01. The summed E-state index contributed by atoms with van der Waals surface area (Å²) < 4.78 is 0. The maximum atomic E-state index is 5.30. The Kier molecular flexibility index (Phi) is 3.52. The van der Waals surface area contributed by atoms with Crippen molar-refractivity contribution in [3.63, 3.8) is 0 Å². The highest BCUT2D eigenvalue weighted by Crippen LogP contribution is 2.16. The van der Waals surface area contributed by atoms with Crippen molar-refractivity contribution in [2.24, 2.45) is 21.7 Å². The lowest BCUT2D eigenvalue weighted by molar-refractivity contribution is 1.20. The van der Waals surface area contributed by atoms with E-state index in [0.29, 0.717) is 0 Å². The minimum atomic E-state index is -0.0463. The van der Waals surface area contributed by atoms with Crippen LogP contribution in [0.4, 0.5) is 0 Å². The Morgan fingerprint density at radius 2 is 1.71 bits per heavy atom. The van der Waals surface area contributed by atoms with E-state index in [1.165, 1.54) is 0 Å². The topological polar surface area (TPSA) is 76.8 Å². The molecule has 0 amide bonds. The van der Waals surface area contributed by atoms with Crippen molar-refractivity contribution >= 4 is 23.0 Å². The van der Waals surface area contributed by atoms with Gasteiger partial charge in [0.15, 0.2) is 0 Å². The van der Waals surface area contributed by atoms with Gasteiger partial charge in [0.1, 0.15) is 5.71 Å². The summed E-state index contributed by atoms with van der Waals surface area (Å²) in [5, 5.41) is 9.81. The molecular formula is C12H12N4S. The summed E-state index contributed by atoms with van der Waals surface area (Å²) in [6.45, 7) is 0. The summed E-state index contributed by atoms with van der Waals surface area (Å²) in [5.41, 5.74) is 12.4. The zero-order chi connectivity index (χ0) is 12.1. The van der Waals surface area contributed by atoms with Crippen LogP contribution < -0.4 is 11.5 Å². The molecule has 0 atom stereocenters. The van der Waals surface area contributed by atoms with Gasteiger partial charge in [0.25, 0.3) is 0 Å². The lowest BCUT2D eigenvalue weighted by atomic mass is 10.1. The van der Waals surface area contributed by atoms with Crippen LogP contribution in [-0.4, -0.2) is 11.7 Å².